The van der Waals surface area contributed by atoms with Crippen molar-refractivity contribution in [2.45, 2.75) is 6.61 Å². The molecule has 31 heavy (non-hydrogen) atoms. The molecular formula is C26H28N2O3. The molecule has 3 aromatic carbocycles. The molecule has 0 bridgehead atoms. The van der Waals surface area contributed by atoms with Crippen molar-refractivity contribution in [3.05, 3.63) is 102 Å². The van der Waals surface area contributed by atoms with Gasteiger partial charge in [-0.2, -0.15) is 0 Å². The first kappa shape index (κ1) is 22.0. The minimum Gasteiger partial charge on any atom is -0.681 e. The van der Waals surface area contributed by atoms with Crippen LogP contribution in [0.4, 0.5) is 11.4 Å². The van der Waals surface area contributed by atoms with Crippen molar-refractivity contribution >= 4 is 18.1 Å². The second-order valence-corrected chi connectivity index (χ2v) is 6.98. The minimum absolute atomic E-state index is 0.503. The summed E-state index contributed by atoms with van der Waals surface area (Å²) < 4.78 is 18.2. The molecule has 160 valence electrons. The molecule has 0 aliphatic heterocycles. The highest BCUT2D eigenvalue weighted by molar-refractivity contribution is 5.51. The van der Waals surface area contributed by atoms with Gasteiger partial charge in [0.05, 0.1) is 20.5 Å². The topological polar surface area (TPSA) is 44.8 Å². The molecule has 0 amide bonds. The Morgan fingerprint density at radius 3 is 2.10 bits per heavy atom. The maximum Gasteiger partial charge on any atom is 0.205 e. The van der Waals surface area contributed by atoms with Gasteiger partial charge in [-0.3, -0.25) is 0 Å². The number of hydrogen-bond acceptors (Lipinski definition) is 3. The quantitative estimate of drug-likeness (QED) is 0.224. The SMILES string of the molecule is C=[N+](C/C(=C/OCc1ccccc1)C[N-]c1ccc(OC)cc1)c1ccc(OC)cc1. The van der Waals surface area contributed by atoms with Crippen LogP contribution >= 0.6 is 0 Å². The number of rotatable bonds is 11. The van der Waals surface area contributed by atoms with Crippen LogP contribution in [-0.4, -0.2) is 38.6 Å². The normalized spacial score (nSPS) is 11.0. The Bertz CT molecular complexity index is 981. The van der Waals surface area contributed by atoms with E-state index in [9.17, 15) is 0 Å². The molecular weight excluding hydrogens is 388 g/mol. The predicted molar refractivity (Wildman–Crippen MR) is 125 cm³/mol. The summed E-state index contributed by atoms with van der Waals surface area (Å²) in [6.07, 6.45) is 1.79. The smallest absolute Gasteiger partial charge is 0.205 e. The van der Waals surface area contributed by atoms with E-state index in [2.05, 4.69) is 6.72 Å². The van der Waals surface area contributed by atoms with E-state index in [0.29, 0.717) is 19.7 Å². The van der Waals surface area contributed by atoms with Crippen molar-refractivity contribution in [3.8, 4) is 11.5 Å². The summed E-state index contributed by atoms with van der Waals surface area (Å²) in [5, 5.41) is 4.70. The molecule has 0 saturated carbocycles. The Balaban J connectivity index is 1.67. The van der Waals surface area contributed by atoms with Crippen molar-refractivity contribution in [2.24, 2.45) is 0 Å². The Labute approximate surface area is 184 Å². The van der Waals surface area contributed by atoms with E-state index >= 15 is 0 Å². The summed E-state index contributed by atoms with van der Waals surface area (Å²) in [4.78, 5) is 0. The number of nitrogens with zero attached hydrogens (tertiary/aromatic N) is 2. The molecule has 0 fully saturated rings. The summed E-state index contributed by atoms with van der Waals surface area (Å²) in [6.45, 7) is 5.78. The summed E-state index contributed by atoms with van der Waals surface area (Å²) in [6, 6.07) is 25.6. The lowest BCUT2D eigenvalue weighted by atomic mass is 10.2. The zero-order valence-electron chi connectivity index (χ0n) is 18.0. The Hall–Kier alpha value is -3.73. The lowest BCUT2D eigenvalue weighted by Crippen LogP contribution is -2.10. The fourth-order valence-corrected chi connectivity index (χ4v) is 2.96. The summed E-state index contributed by atoms with van der Waals surface area (Å²) in [5.74, 6) is 1.62. The Kier molecular flexibility index (Phi) is 8.12. The van der Waals surface area contributed by atoms with E-state index < -0.39 is 0 Å². The van der Waals surface area contributed by atoms with E-state index in [-0.39, 0.29) is 0 Å². The van der Waals surface area contributed by atoms with Gasteiger partial charge in [0, 0.05) is 17.7 Å². The zero-order valence-corrected chi connectivity index (χ0v) is 18.0. The summed E-state index contributed by atoms with van der Waals surface area (Å²) in [5.41, 5.74) is 4.00. The third kappa shape index (κ3) is 6.93. The van der Waals surface area contributed by atoms with E-state index in [1.54, 1.807) is 20.5 Å². The lowest BCUT2D eigenvalue weighted by molar-refractivity contribution is -0.421. The Morgan fingerprint density at radius 1 is 0.871 bits per heavy atom. The highest BCUT2D eigenvalue weighted by atomic mass is 16.5. The van der Waals surface area contributed by atoms with Crippen molar-refractivity contribution in [3.63, 3.8) is 0 Å². The van der Waals surface area contributed by atoms with Crippen LogP contribution in [0.15, 0.2) is 90.7 Å². The number of ether oxygens (including phenoxy) is 3. The first-order valence-corrected chi connectivity index (χ1v) is 10.0. The average Bonchev–Trinajstić information content (AvgIpc) is 2.83. The average molecular weight is 417 g/mol. The van der Waals surface area contributed by atoms with Crippen molar-refractivity contribution in [1.82, 2.24) is 0 Å². The Morgan fingerprint density at radius 2 is 1.48 bits per heavy atom. The van der Waals surface area contributed by atoms with Crippen LogP contribution < -0.4 is 9.47 Å². The summed E-state index contributed by atoms with van der Waals surface area (Å²) in [7, 11) is 3.31. The molecule has 0 N–H and O–H groups in total. The van der Waals surface area contributed by atoms with Gasteiger partial charge in [-0.25, -0.2) is 4.58 Å². The van der Waals surface area contributed by atoms with Gasteiger partial charge >= 0.3 is 0 Å². The summed E-state index contributed by atoms with van der Waals surface area (Å²) >= 11 is 0. The van der Waals surface area contributed by atoms with Crippen LogP contribution in [-0.2, 0) is 11.3 Å². The van der Waals surface area contributed by atoms with E-state index in [0.717, 1.165) is 34.0 Å². The van der Waals surface area contributed by atoms with Gasteiger partial charge in [-0.1, -0.05) is 49.0 Å². The largest absolute Gasteiger partial charge is 0.681 e. The highest BCUT2D eigenvalue weighted by Crippen LogP contribution is 2.24. The second kappa shape index (κ2) is 11.5. The van der Waals surface area contributed by atoms with Crippen LogP contribution in [0.3, 0.4) is 0 Å². The molecule has 0 spiro atoms. The third-order valence-corrected chi connectivity index (χ3v) is 4.71. The van der Waals surface area contributed by atoms with E-state index in [4.69, 9.17) is 19.5 Å². The van der Waals surface area contributed by atoms with Gasteiger partial charge < -0.3 is 19.5 Å². The van der Waals surface area contributed by atoms with Crippen LogP contribution in [0, 0.1) is 0 Å². The van der Waals surface area contributed by atoms with Crippen molar-refractivity contribution in [1.29, 1.82) is 0 Å². The molecule has 0 heterocycles. The first-order valence-electron chi connectivity index (χ1n) is 10.0. The standard InChI is InChI=1S/C26H28N2O3/c1-28(24-11-15-26(30-3)16-12-24)18-22(20-31-19-21-7-5-4-6-8-21)17-27-23-9-13-25(29-2)14-10-23/h4-16,20H,1,17-19H2,2-3H3/b22-20+. The predicted octanol–water partition coefficient (Wildman–Crippen LogP) is 5.85. The zero-order chi connectivity index (χ0) is 21.9. The minimum atomic E-state index is 0.503. The van der Waals surface area contributed by atoms with Crippen molar-refractivity contribution in [2.75, 3.05) is 27.3 Å². The molecule has 0 unspecified atom stereocenters. The lowest BCUT2D eigenvalue weighted by Gasteiger charge is -2.22. The first-order chi connectivity index (χ1) is 15.2. The number of methoxy groups -OCH3 is 2. The van der Waals surface area contributed by atoms with Crippen LogP contribution in [0.2, 0.25) is 0 Å². The fourth-order valence-electron chi connectivity index (χ4n) is 2.96. The molecule has 3 rings (SSSR count). The van der Waals surface area contributed by atoms with E-state index in [1.807, 2.05) is 83.4 Å². The van der Waals surface area contributed by atoms with Crippen LogP contribution in [0.1, 0.15) is 5.56 Å². The van der Waals surface area contributed by atoms with Gasteiger partial charge in [0.25, 0.3) is 0 Å². The molecule has 0 atom stereocenters. The van der Waals surface area contributed by atoms with Gasteiger partial charge in [-0.15, -0.1) is 5.69 Å². The molecule has 0 aromatic heterocycles. The number of benzene rings is 3. The molecule has 3 aromatic rings. The fraction of sp³-hybridized carbons (Fsp3) is 0.192. The van der Waals surface area contributed by atoms with Crippen molar-refractivity contribution < 1.29 is 18.8 Å². The molecule has 0 aliphatic carbocycles. The highest BCUT2D eigenvalue weighted by Gasteiger charge is 2.09. The van der Waals surface area contributed by atoms with Crippen LogP contribution in [0.25, 0.3) is 5.32 Å². The second-order valence-electron chi connectivity index (χ2n) is 6.98. The molecule has 0 aliphatic rings. The van der Waals surface area contributed by atoms with Gasteiger partial charge in [0.15, 0.2) is 6.54 Å². The number of hydrogen-bond donors (Lipinski definition) is 0. The maximum atomic E-state index is 5.86. The molecule has 5 nitrogen and oxygen atoms in total. The third-order valence-electron chi connectivity index (χ3n) is 4.71. The molecule has 0 radical (unpaired) electrons. The molecule has 5 heteroatoms. The van der Waals surface area contributed by atoms with Crippen LogP contribution in [0.5, 0.6) is 11.5 Å². The maximum absolute atomic E-state index is 5.86. The molecule has 0 saturated heterocycles. The van der Waals surface area contributed by atoms with Gasteiger partial charge in [0.2, 0.25) is 5.69 Å². The monoisotopic (exact) mass is 416 g/mol. The van der Waals surface area contributed by atoms with Gasteiger partial charge in [-0.05, 0) is 29.8 Å². The van der Waals surface area contributed by atoms with E-state index in [1.165, 1.54) is 0 Å². The van der Waals surface area contributed by atoms with Gasteiger partial charge in [0.1, 0.15) is 24.8 Å².